The van der Waals surface area contributed by atoms with Gasteiger partial charge in [-0.3, -0.25) is 9.67 Å². The van der Waals surface area contributed by atoms with Crippen LogP contribution in [0.3, 0.4) is 0 Å². The molecule has 0 aliphatic rings. The van der Waals surface area contributed by atoms with Crippen LogP contribution in [0, 0.1) is 13.8 Å². The van der Waals surface area contributed by atoms with Crippen LogP contribution in [0.1, 0.15) is 35.5 Å². The standard InChI is InChI=1S/C20H29F2N5O2/c1-5-23-20(24-11-10-17-13(2)26-27(4)14(17)3)25-12-18(28)15-6-8-16(9-7-15)29-19(21)22/h6-9,18-19,28H,5,10-12H2,1-4H3,(H2,23,24,25). The zero-order valence-electron chi connectivity index (χ0n) is 17.2. The number of nitrogens with zero attached hydrogens (tertiary/aromatic N) is 3. The van der Waals surface area contributed by atoms with Gasteiger partial charge >= 0.3 is 6.61 Å². The summed E-state index contributed by atoms with van der Waals surface area (Å²) >= 11 is 0. The van der Waals surface area contributed by atoms with Gasteiger partial charge in [0.15, 0.2) is 5.96 Å². The molecule has 160 valence electrons. The minimum absolute atomic E-state index is 0.0513. The minimum atomic E-state index is -2.87. The summed E-state index contributed by atoms with van der Waals surface area (Å²) in [5.41, 5.74) is 3.94. The Morgan fingerprint density at radius 3 is 2.48 bits per heavy atom. The number of ether oxygens (including phenoxy) is 1. The topological polar surface area (TPSA) is 83.7 Å². The summed E-state index contributed by atoms with van der Waals surface area (Å²) < 4.78 is 30.6. The maximum Gasteiger partial charge on any atom is 0.387 e. The fourth-order valence-corrected chi connectivity index (χ4v) is 2.98. The Labute approximate surface area is 169 Å². The molecule has 29 heavy (non-hydrogen) atoms. The Balaban J connectivity index is 1.92. The molecule has 9 heteroatoms. The molecule has 0 fully saturated rings. The van der Waals surface area contributed by atoms with Gasteiger partial charge in [-0.05, 0) is 50.5 Å². The second-order valence-corrected chi connectivity index (χ2v) is 6.63. The van der Waals surface area contributed by atoms with E-state index in [0.717, 1.165) is 17.8 Å². The number of benzene rings is 1. The lowest BCUT2D eigenvalue weighted by Crippen LogP contribution is -2.38. The molecule has 0 radical (unpaired) electrons. The summed E-state index contributed by atoms with van der Waals surface area (Å²) in [6.07, 6.45) is -0.0433. The average Bonchev–Trinajstić information content (AvgIpc) is 2.91. The van der Waals surface area contributed by atoms with Crippen molar-refractivity contribution in [3.8, 4) is 5.75 Å². The maximum absolute atomic E-state index is 12.2. The molecular formula is C20H29F2N5O2. The van der Waals surface area contributed by atoms with Gasteiger partial charge in [0.25, 0.3) is 0 Å². The highest BCUT2D eigenvalue weighted by atomic mass is 19.3. The van der Waals surface area contributed by atoms with E-state index < -0.39 is 12.7 Å². The van der Waals surface area contributed by atoms with Crippen molar-refractivity contribution in [3.05, 3.63) is 46.8 Å². The quantitative estimate of drug-likeness (QED) is 0.438. The van der Waals surface area contributed by atoms with Gasteiger partial charge in [0, 0.05) is 25.8 Å². The van der Waals surface area contributed by atoms with Gasteiger partial charge in [-0.2, -0.15) is 13.9 Å². The van der Waals surface area contributed by atoms with Crippen molar-refractivity contribution in [1.29, 1.82) is 0 Å². The number of hydrogen-bond acceptors (Lipinski definition) is 4. The maximum atomic E-state index is 12.2. The van der Waals surface area contributed by atoms with Crippen molar-refractivity contribution >= 4 is 5.96 Å². The van der Waals surface area contributed by atoms with Gasteiger partial charge < -0.3 is 20.5 Å². The monoisotopic (exact) mass is 409 g/mol. The summed E-state index contributed by atoms with van der Waals surface area (Å²) in [7, 11) is 1.93. The molecule has 0 saturated carbocycles. The van der Waals surface area contributed by atoms with Crippen molar-refractivity contribution in [3.63, 3.8) is 0 Å². The SMILES string of the molecule is CCNC(=NCC(O)c1ccc(OC(F)F)cc1)NCCc1c(C)nn(C)c1C. The highest BCUT2D eigenvalue weighted by molar-refractivity contribution is 5.79. The van der Waals surface area contributed by atoms with Gasteiger partial charge in [-0.15, -0.1) is 0 Å². The lowest BCUT2D eigenvalue weighted by molar-refractivity contribution is -0.0498. The minimum Gasteiger partial charge on any atom is -0.435 e. The van der Waals surface area contributed by atoms with E-state index in [2.05, 4.69) is 25.5 Å². The molecule has 1 aromatic carbocycles. The van der Waals surface area contributed by atoms with E-state index in [4.69, 9.17) is 0 Å². The van der Waals surface area contributed by atoms with Gasteiger partial charge in [-0.25, -0.2) is 0 Å². The van der Waals surface area contributed by atoms with Crippen LogP contribution in [0.25, 0.3) is 0 Å². The Morgan fingerprint density at radius 1 is 1.24 bits per heavy atom. The van der Waals surface area contributed by atoms with E-state index in [1.807, 2.05) is 32.5 Å². The molecule has 0 saturated heterocycles. The van der Waals surface area contributed by atoms with Gasteiger partial charge in [0.05, 0.1) is 18.3 Å². The molecule has 0 bridgehead atoms. The summed E-state index contributed by atoms with van der Waals surface area (Å²) in [5, 5.41) is 21.1. The van der Waals surface area contributed by atoms with E-state index in [0.29, 0.717) is 24.6 Å². The zero-order chi connectivity index (χ0) is 21.4. The van der Waals surface area contributed by atoms with E-state index >= 15 is 0 Å². The highest BCUT2D eigenvalue weighted by Gasteiger charge is 2.11. The molecule has 2 rings (SSSR count). The molecule has 1 unspecified atom stereocenters. The number of guanidine groups is 1. The smallest absolute Gasteiger partial charge is 0.387 e. The Kier molecular flexibility index (Phi) is 8.38. The summed E-state index contributed by atoms with van der Waals surface area (Å²) in [5.74, 6) is 0.652. The number of halogens is 2. The van der Waals surface area contributed by atoms with Crippen molar-refractivity contribution in [1.82, 2.24) is 20.4 Å². The van der Waals surface area contributed by atoms with E-state index in [1.54, 1.807) is 12.1 Å². The molecule has 1 atom stereocenters. The average molecular weight is 409 g/mol. The van der Waals surface area contributed by atoms with Crippen LogP contribution in [-0.2, 0) is 13.5 Å². The first-order valence-corrected chi connectivity index (χ1v) is 9.55. The van der Waals surface area contributed by atoms with Crippen LogP contribution < -0.4 is 15.4 Å². The molecular weight excluding hydrogens is 380 g/mol. The summed E-state index contributed by atoms with van der Waals surface area (Å²) in [4.78, 5) is 4.41. The number of rotatable bonds is 9. The van der Waals surface area contributed by atoms with E-state index in [9.17, 15) is 13.9 Å². The van der Waals surface area contributed by atoms with E-state index in [-0.39, 0.29) is 12.3 Å². The predicted molar refractivity (Wildman–Crippen MR) is 108 cm³/mol. The Bertz CT molecular complexity index is 806. The van der Waals surface area contributed by atoms with Crippen LogP contribution in [0.4, 0.5) is 8.78 Å². The predicted octanol–water partition coefficient (Wildman–Crippen LogP) is 2.47. The number of hydrogen-bond donors (Lipinski definition) is 3. The van der Waals surface area contributed by atoms with Crippen LogP contribution in [-0.4, -0.2) is 47.1 Å². The first-order chi connectivity index (χ1) is 13.8. The highest BCUT2D eigenvalue weighted by Crippen LogP contribution is 2.19. The fourth-order valence-electron chi connectivity index (χ4n) is 2.98. The number of aliphatic hydroxyl groups excluding tert-OH is 1. The number of alkyl halides is 2. The number of aliphatic imine (C=N–C) groups is 1. The third kappa shape index (κ3) is 6.70. The van der Waals surface area contributed by atoms with Gasteiger partial charge in [0.1, 0.15) is 5.75 Å². The zero-order valence-corrected chi connectivity index (χ0v) is 17.2. The van der Waals surface area contributed by atoms with Crippen molar-refractivity contribution in [2.24, 2.45) is 12.0 Å². The van der Waals surface area contributed by atoms with Crippen LogP contribution in [0.5, 0.6) is 5.75 Å². The number of aryl methyl sites for hydroxylation is 2. The normalized spacial score (nSPS) is 12.9. The van der Waals surface area contributed by atoms with Crippen LogP contribution in [0.15, 0.2) is 29.3 Å². The molecule has 1 heterocycles. The molecule has 0 aliphatic carbocycles. The molecule has 0 spiro atoms. The Morgan fingerprint density at radius 2 is 1.93 bits per heavy atom. The second-order valence-electron chi connectivity index (χ2n) is 6.63. The molecule has 0 aliphatic heterocycles. The molecule has 3 N–H and O–H groups in total. The van der Waals surface area contributed by atoms with Crippen LogP contribution in [0.2, 0.25) is 0 Å². The van der Waals surface area contributed by atoms with Gasteiger partial charge in [0.2, 0.25) is 0 Å². The number of aliphatic hydroxyl groups is 1. The molecule has 1 aromatic heterocycles. The van der Waals surface area contributed by atoms with Crippen molar-refractivity contribution in [2.45, 2.75) is 39.9 Å². The lowest BCUT2D eigenvalue weighted by Gasteiger charge is -2.14. The van der Waals surface area contributed by atoms with Crippen LogP contribution >= 0.6 is 0 Å². The largest absolute Gasteiger partial charge is 0.435 e. The number of aromatic nitrogens is 2. The lowest BCUT2D eigenvalue weighted by atomic mass is 10.1. The molecule has 0 amide bonds. The Hall–Kier alpha value is -2.68. The van der Waals surface area contributed by atoms with Crippen molar-refractivity contribution in [2.75, 3.05) is 19.6 Å². The fraction of sp³-hybridized carbons (Fsp3) is 0.500. The third-order valence-electron chi connectivity index (χ3n) is 4.58. The summed E-state index contributed by atoms with van der Waals surface area (Å²) in [6, 6.07) is 5.89. The first kappa shape index (κ1) is 22.6. The summed E-state index contributed by atoms with van der Waals surface area (Å²) in [6.45, 7) is 4.63. The van der Waals surface area contributed by atoms with E-state index in [1.165, 1.54) is 17.7 Å². The second kappa shape index (κ2) is 10.8. The first-order valence-electron chi connectivity index (χ1n) is 9.55. The number of nitrogens with one attached hydrogen (secondary N) is 2. The van der Waals surface area contributed by atoms with Crippen molar-refractivity contribution < 1.29 is 18.6 Å². The molecule has 2 aromatic rings. The third-order valence-corrected chi connectivity index (χ3v) is 4.58. The molecule has 7 nitrogen and oxygen atoms in total. The van der Waals surface area contributed by atoms with Gasteiger partial charge in [-0.1, -0.05) is 12.1 Å².